The lowest BCUT2D eigenvalue weighted by molar-refractivity contribution is -0.904. The Morgan fingerprint density at radius 3 is 2.58 bits per heavy atom. The number of nitrogens with two attached hydrogens (primary N) is 1. The van der Waals surface area contributed by atoms with Crippen LogP contribution >= 0.6 is 0 Å². The molecule has 1 saturated heterocycles. The highest BCUT2D eigenvalue weighted by Crippen LogP contribution is 1.94. The van der Waals surface area contributed by atoms with Gasteiger partial charge >= 0.3 is 0 Å². The quantitative estimate of drug-likeness (QED) is 0.162. The fourth-order valence-corrected chi connectivity index (χ4v) is 1.67. The Balaban J connectivity index is 2.13. The van der Waals surface area contributed by atoms with Gasteiger partial charge in [-0.25, -0.2) is 0 Å². The van der Waals surface area contributed by atoms with Crippen molar-refractivity contribution in [2.24, 2.45) is 5.73 Å². The highest BCUT2D eigenvalue weighted by molar-refractivity contribution is 5.73. The minimum absolute atomic E-state index is 0.480. The van der Waals surface area contributed by atoms with E-state index in [1.807, 2.05) is 5.16 Å². The van der Waals surface area contributed by atoms with Crippen molar-refractivity contribution in [3.63, 3.8) is 0 Å². The fraction of sp³-hybridized carbons (Fsp3) is 0.875. The number of hydrogen-bond acceptors (Lipinski definition) is 1. The van der Waals surface area contributed by atoms with Crippen LogP contribution in [0.1, 0.15) is 25.7 Å². The number of quaternary nitrogens is 1. The Morgan fingerprint density at radius 1 is 1.33 bits per heavy atom. The van der Waals surface area contributed by atoms with Gasteiger partial charge in [0.2, 0.25) is 0 Å². The molecule has 0 aromatic heterocycles. The van der Waals surface area contributed by atoms with Gasteiger partial charge in [0.05, 0.1) is 19.6 Å². The van der Waals surface area contributed by atoms with E-state index in [0.717, 1.165) is 13.0 Å². The Labute approximate surface area is 73.0 Å². The standard InChI is InChI=1S/C8H17N3O/c9-8(10-12)4-7-11-5-2-1-3-6-11/h12H,1-7H2,(H2,9,10)/p+2. The van der Waals surface area contributed by atoms with E-state index in [2.05, 4.69) is 0 Å². The molecular weight excluding hydrogens is 154 g/mol. The maximum absolute atomic E-state index is 8.44. The van der Waals surface area contributed by atoms with Gasteiger partial charge < -0.3 is 10.1 Å². The molecule has 4 nitrogen and oxygen atoms in total. The molecule has 12 heavy (non-hydrogen) atoms. The zero-order valence-electron chi connectivity index (χ0n) is 7.47. The van der Waals surface area contributed by atoms with Crippen LogP contribution in [0.5, 0.6) is 0 Å². The molecule has 0 aromatic rings. The summed E-state index contributed by atoms with van der Waals surface area (Å²) in [6, 6.07) is 0. The van der Waals surface area contributed by atoms with E-state index in [4.69, 9.17) is 10.9 Å². The third-order valence-corrected chi connectivity index (χ3v) is 2.45. The largest absolute Gasteiger partial charge is 0.357 e. The van der Waals surface area contributed by atoms with Gasteiger partial charge in [-0.2, -0.15) is 0 Å². The first kappa shape index (κ1) is 9.32. The average molecular weight is 173 g/mol. The van der Waals surface area contributed by atoms with E-state index < -0.39 is 0 Å². The smallest absolute Gasteiger partial charge is 0.284 e. The summed E-state index contributed by atoms with van der Waals surface area (Å²) in [5.74, 6) is 0.480. The van der Waals surface area contributed by atoms with Crippen molar-refractivity contribution in [2.75, 3.05) is 19.6 Å². The second kappa shape index (κ2) is 4.98. The zero-order valence-corrected chi connectivity index (χ0v) is 7.47. The van der Waals surface area contributed by atoms with Crippen LogP contribution in [0.2, 0.25) is 0 Å². The highest BCUT2D eigenvalue weighted by Gasteiger charge is 2.14. The van der Waals surface area contributed by atoms with Crippen LogP contribution in [0.3, 0.4) is 0 Å². The molecule has 0 amide bonds. The predicted octanol–water partition coefficient (Wildman–Crippen LogP) is -2.73. The summed E-state index contributed by atoms with van der Waals surface area (Å²) in [5.41, 5.74) is 5.43. The van der Waals surface area contributed by atoms with Crippen LogP contribution in [0.4, 0.5) is 0 Å². The van der Waals surface area contributed by atoms with Crippen molar-refractivity contribution in [1.29, 1.82) is 0 Å². The van der Waals surface area contributed by atoms with Crippen LogP contribution in [0, 0.1) is 0 Å². The number of likely N-dealkylation sites (tertiary alicyclic amines) is 1. The summed E-state index contributed by atoms with van der Waals surface area (Å²) in [6.45, 7) is 3.57. The number of nitrogens with one attached hydrogen (secondary N) is 2. The van der Waals surface area contributed by atoms with Crippen molar-refractivity contribution in [3.8, 4) is 0 Å². The number of amidine groups is 1. The van der Waals surface area contributed by atoms with Gasteiger partial charge in [-0.15, -0.1) is 0 Å². The molecule has 0 atom stereocenters. The van der Waals surface area contributed by atoms with Crippen LogP contribution < -0.4 is 15.8 Å². The topological polar surface area (TPSA) is 64.7 Å². The van der Waals surface area contributed by atoms with Crippen LogP contribution in [0.25, 0.3) is 0 Å². The molecule has 0 unspecified atom stereocenters. The molecule has 1 rings (SSSR count). The molecule has 0 saturated carbocycles. The number of rotatable bonds is 3. The lowest BCUT2D eigenvalue weighted by Gasteiger charge is -2.22. The minimum Gasteiger partial charge on any atom is -0.357 e. The van der Waals surface area contributed by atoms with Gasteiger partial charge in [-0.3, -0.25) is 5.73 Å². The first-order valence-corrected chi connectivity index (χ1v) is 4.68. The maximum atomic E-state index is 8.44. The molecule has 0 bridgehead atoms. The average Bonchev–Trinajstić information content (AvgIpc) is 2.16. The molecule has 0 aliphatic carbocycles. The van der Waals surface area contributed by atoms with Crippen molar-refractivity contribution in [2.45, 2.75) is 25.7 Å². The Kier molecular flexibility index (Phi) is 3.87. The molecule has 1 heterocycles. The summed E-state index contributed by atoms with van der Waals surface area (Å²) < 4.78 is 0. The molecular formula is C8H19N3O+2. The normalized spacial score (nSPS) is 21.2. The molecule has 0 spiro atoms. The van der Waals surface area contributed by atoms with Gasteiger partial charge in [0.25, 0.3) is 5.84 Å². The molecule has 70 valence electrons. The lowest BCUT2D eigenvalue weighted by Crippen LogP contribution is -3.13. The van der Waals surface area contributed by atoms with Crippen molar-refractivity contribution in [3.05, 3.63) is 0 Å². The Hall–Kier alpha value is -0.770. The second-order valence-corrected chi connectivity index (χ2v) is 3.45. The first-order chi connectivity index (χ1) is 5.83. The molecule has 5 N–H and O–H groups in total. The van der Waals surface area contributed by atoms with E-state index in [1.54, 1.807) is 4.90 Å². The summed E-state index contributed by atoms with van der Waals surface area (Å²) in [4.78, 5) is 1.61. The molecule has 1 aliphatic heterocycles. The van der Waals surface area contributed by atoms with Gasteiger partial charge in [0.15, 0.2) is 0 Å². The fourth-order valence-electron chi connectivity index (χ4n) is 1.67. The number of piperidine rings is 1. The number of hydrogen-bond donors (Lipinski definition) is 4. The summed E-state index contributed by atoms with van der Waals surface area (Å²) >= 11 is 0. The van der Waals surface area contributed by atoms with Crippen molar-refractivity contribution >= 4 is 5.84 Å². The predicted molar refractivity (Wildman–Crippen MR) is 46.0 cm³/mol. The van der Waals surface area contributed by atoms with Crippen LogP contribution in [-0.4, -0.2) is 30.7 Å². The second-order valence-electron chi connectivity index (χ2n) is 3.45. The Bertz CT molecular complexity index is 152. The lowest BCUT2D eigenvalue weighted by atomic mass is 10.1. The van der Waals surface area contributed by atoms with E-state index in [1.165, 1.54) is 32.4 Å². The minimum atomic E-state index is 0.480. The molecule has 1 aliphatic rings. The van der Waals surface area contributed by atoms with E-state index >= 15 is 0 Å². The summed E-state index contributed by atoms with van der Waals surface area (Å²) in [7, 11) is 0. The summed E-state index contributed by atoms with van der Waals surface area (Å²) in [5, 5.41) is 10.4. The highest BCUT2D eigenvalue weighted by atomic mass is 16.4. The Morgan fingerprint density at radius 2 is 2.00 bits per heavy atom. The van der Waals surface area contributed by atoms with Crippen molar-refractivity contribution < 1.29 is 15.3 Å². The molecule has 0 radical (unpaired) electrons. The third kappa shape index (κ3) is 3.09. The van der Waals surface area contributed by atoms with Crippen molar-refractivity contribution in [1.82, 2.24) is 0 Å². The van der Waals surface area contributed by atoms with E-state index in [0.29, 0.717) is 5.84 Å². The van der Waals surface area contributed by atoms with E-state index in [-0.39, 0.29) is 0 Å². The monoisotopic (exact) mass is 173 g/mol. The van der Waals surface area contributed by atoms with E-state index in [9.17, 15) is 0 Å². The third-order valence-electron chi connectivity index (χ3n) is 2.45. The van der Waals surface area contributed by atoms with Crippen LogP contribution in [0.15, 0.2) is 0 Å². The van der Waals surface area contributed by atoms with Gasteiger partial charge in [0, 0.05) is 0 Å². The van der Waals surface area contributed by atoms with Crippen LogP contribution in [-0.2, 0) is 0 Å². The molecule has 1 fully saturated rings. The SMILES string of the molecule is NC(CC[NH+]1CCCCC1)=[NH+]O. The van der Waals surface area contributed by atoms with Gasteiger partial charge in [-0.05, 0) is 19.3 Å². The first-order valence-electron chi connectivity index (χ1n) is 4.68. The molecule has 4 heteroatoms. The van der Waals surface area contributed by atoms with Gasteiger partial charge in [0.1, 0.15) is 6.42 Å². The zero-order chi connectivity index (χ0) is 8.81. The van der Waals surface area contributed by atoms with Gasteiger partial charge in [-0.1, -0.05) is 5.16 Å². The molecule has 0 aromatic carbocycles. The summed E-state index contributed by atoms with van der Waals surface area (Å²) in [6.07, 6.45) is 4.82. The maximum Gasteiger partial charge on any atom is 0.284 e.